The highest BCUT2D eigenvalue weighted by molar-refractivity contribution is 8.14. The van der Waals surface area contributed by atoms with E-state index in [0.29, 0.717) is 19.0 Å². The highest BCUT2D eigenvalue weighted by Gasteiger charge is 2.22. The molecule has 1 saturated heterocycles. The molecule has 1 aromatic heterocycles. The lowest BCUT2D eigenvalue weighted by atomic mass is 10.1. The predicted octanol–water partition coefficient (Wildman–Crippen LogP) is 4.33. The summed E-state index contributed by atoms with van der Waals surface area (Å²) >= 11 is 1.08. The van der Waals surface area contributed by atoms with Gasteiger partial charge in [0.2, 0.25) is 5.88 Å². The van der Waals surface area contributed by atoms with Crippen LogP contribution in [0.15, 0.2) is 24.3 Å². The molecule has 0 aliphatic carbocycles. The van der Waals surface area contributed by atoms with Crippen LogP contribution in [0.1, 0.15) is 22.4 Å². The van der Waals surface area contributed by atoms with Gasteiger partial charge in [-0.1, -0.05) is 6.07 Å². The summed E-state index contributed by atoms with van der Waals surface area (Å²) in [5.74, 6) is 0.503. The summed E-state index contributed by atoms with van der Waals surface area (Å²) in [6.07, 6.45) is 0. The first-order valence-electron chi connectivity index (χ1n) is 9.44. The van der Waals surface area contributed by atoms with Crippen LogP contribution in [-0.2, 0) is 0 Å². The van der Waals surface area contributed by atoms with Crippen molar-refractivity contribution in [2.24, 2.45) is 0 Å². The number of carbonyl (C=O) groups excluding carboxylic acids is 1. The van der Waals surface area contributed by atoms with Crippen LogP contribution >= 0.6 is 11.9 Å². The van der Waals surface area contributed by atoms with E-state index >= 15 is 0 Å². The van der Waals surface area contributed by atoms with Gasteiger partial charge in [-0.25, -0.2) is 4.98 Å². The first kappa shape index (κ1) is 20.3. The van der Waals surface area contributed by atoms with Gasteiger partial charge in [0.25, 0.3) is 0 Å². The van der Waals surface area contributed by atoms with E-state index in [9.17, 15) is 4.79 Å². The molecule has 1 amide bonds. The van der Waals surface area contributed by atoms with Gasteiger partial charge in [-0.3, -0.25) is 4.79 Å². The zero-order chi connectivity index (χ0) is 20.3. The van der Waals surface area contributed by atoms with Gasteiger partial charge < -0.3 is 19.3 Å². The lowest BCUT2D eigenvalue weighted by molar-refractivity contribution is 0.219. The molecule has 2 aromatic rings. The molecular formula is C21H28N4O2S. The Kier molecular flexibility index (Phi) is 6.34. The van der Waals surface area contributed by atoms with Gasteiger partial charge in [0, 0.05) is 49.5 Å². The van der Waals surface area contributed by atoms with E-state index < -0.39 is 0 Å². The van der Waals surface area contributed by atoms with Gasteiger partial charge in [-0.2, -0.15) is 0 Å². The zero-order valence-corrected chi connectivity index (χ0v) is 18.0. The standard InChI is InChI=1S/C21H28N4O2S/c1-14-10-15(2)12-18(11-14)24-6-8-25(9-7-24)21(26)28-23-19-13-16(3)17(4)22-20(19)27-5/h10-13,23H,6-9H2,1-5H3. The van der Waals surface area contributed by atoms with Crippen molar-refractivity contribution in [3.63, 3.8) is 0 Å². The number of amides is 1. The predicted molar refractivity (Wildman–Crippen MR) is 117 cm³/mol. The van der Waals surface area contributed by atoms with E-state index in [1.54, 1.807) is 7.11 Å². The van der Waals surface area contributed by atoms with Gasteiger partial charge in [0.1, 0.15) is 5.69 Å². The fourth-order valence-corrected chi connectivity index (χ4v) is 4.01. The number of benzene rings is 1. The second-order valence-corrected chi connectivity index (χ2v) is 8.00. The molecule has 28 heavy (non-hydrogen) atoms. The molecule has 2 heterocycles. The molecule has 0 unspecified atom stereocenters. The quantitative estimate of drug-likeness (QED) is 0.771. The molecule has 1 N–H and O–H groups in total. The number of carbonyl (C=O) groups is 1. The number of hydrogen-bond acceptors (Lipinski definition) is 6. The van der Waals surface area contributed by atoms with Crippen molar-refractivity contribution in [3.8, 4) is 5.88 Å². The third kappa shape index (κ3) is 4.70. The largest absolute Gasteiger partial charge is 0.479 e. The minimum absolute atomic E-state index is 0.0142. The maximum Gasteiger partial charge on any atom is 0.302 e. The van der Waals surface area contributed by atoms with Crippen molar-refractivity contribution in [1.82, 2.24) is 9.88 Å². The van der Waals surface area contributed by atoms with Crippen LogP contribution in [0.2, 0.25) is 0 Å². The van der Waals surface area contributed by atoms with Crippen LogP contribution < -0.4 is 14.4 Å². The molecule has 0 radical (unpaired) electrons. The Labute approximate surface area is 171 Å². The van der Waals surface area contributed by atoms with E-state index in [1.165, 1.54) is 16.8 Å². The van der Waals surface area contributed by atoms with E-state index in [2.05, 4.69) is 46.7 Å². The summed E-state index contributed by atoms with van der Waals surface area (Å²) < 4.78 is 8.43. The van der Waals surface area contributed by atoms with Crippen LogP contribution in [0.3, 0.4) is 0 Å². The summed E-state index contributed by atoms with van der Waals surface area (Å²) in [5, 5.41) is 0.0142. The Morgan fingerprint density at radius 2 is 1.68 bits per heavy atom. The Bertz CT molecular complexity index is 843. The summed E-state index contributed by atoms with van der Waals surface area (Å²) in [6, 6.07) is 8.56. The van der Waals surface area contributed by atoms with Crippen LogP contribution in [0.4, 0.5) is 16.2 Å². The first-order chi connectivity index (χ1) is 13.4. The number of ether oxygens (including phenoxy) is 1. The molecule has 3 rings (SSSR count). The minimum atomic E-state index is 0.0142. The first-order valence-corrected chi connectivity index (χ1v) is 10.3. The Morgan fingerprint density at radius 1 is 1.04 bits per heavy atom. The average molecular weight is 401 g/mol. The van der Waals surface area contributed by atoms with E-state index in [1.807, 2.05) is 24.8 Å². The Morgan fingerprint density at radius 3 is 2.29 bits per heavy atom. The van der Waals surface area contributed by atoms with Gasteiger partial charge in [-0.05, 0) is 62.6 Å². The number of nitrogens with zero attached hydrogens (tertiary/aromatic N) is 3. The molecule has 0 bridgehead atoms. The summed E-state index contributed by atoms with van der Waals surface area (Å²) in [5.41, 5.74) is 6.47. The number of anilines is 2. The van der Waals surface area contributed by atoms with Crippen molar-refractivity contribution in [2.45, 2.75) is 27.7 Å². The number of aryl methyl sites for hydroxylation is 4. The normalized spacial score (nSPS) is 14.2. The van der Waals surface area contributed by atoms with Crippen molar-refractivity contribution < 1.29 is 9.53 Å². The Balaban J connectivity index is 1.56. The third-order valence-corrected chi connectivity index (χ3v) is 5.74. The minimum Gasteiger partial charge on any atom is -0.479 e. The maximum atomic E-state index is 12.6. The fraction of sp³-hybridized carbons (Fsp3) is 0.429. The molecule has 0 spiro atoms. The van der Waals surface area contributed by atoms with Crippen molar-refractivity contribution in [2.75, 3.05) is 42.9 Å². The lowest BCUT2D eigenvalue weighted by Crippen LogP contribution is -2.47. The maximum absolute atomic E-state index is 12.6. The van der Waals surface area contributed by atoms with Crippen LogP contribution in [-0.4, -0.2) is 48.4 Å². The van der Waals surface area contributed by atoms with E-state index in [4.69, 9.17) is 4.74 Å². The molecular weight excluding hydrogens is 372 g/mol. The zero-order valence-electron chi connectivity index (χ0n) is 17.2. The molecule has 1 aromatic carbocycles. The summed E-state index contributed by atoms with van der Waals surface area (Å²) in [4.78, 5) is 21.3. The number of aromatic nitrogens is 1. The molecule has 1 fully saturated rings. The molecule has 0 saturated carbocycles. The highest BCUT2D eigenvalue weighted by Crippen LogP contribution is 2.28. The van der Waals surface area contributed by atoms with Crippen LogP contribution in [0.25, 0.3) is 0 Å². The van der Waals surface area contributed by atoms with Crippen molar-refractivity contribution in [3.05, 3.63) is 46.6 Å². The topological polar surface area (TPSA) is 57.7 Å². The number of nitrogens with one attached hydrogen (secondary N) is 1. The SMILES string of the molecule is COc1nc(C)c(C)cc1NSC(=O)N1CCN(c2cc(C)cc(C)c2)CC1. The second kappa shape index (κ2) is 8.73. The van der Waals surface area contributed by atoms with Gasteiger partial charge in [0.15, 0.2) is 0 Å². The number of pyridine rings is 1. The van der Waals surface area contributed by atoms with Gasteiger partial charge in [-0.15, -0.1) is 0 Å². The molecule has 0 atom stereocenters. The third-order valence-electron chi connectivity index (χ3n) is 4.98. The molecule has 150 valence electrons. The number of hydrogen-bond donors (Lipinski definition) is 1. The molecule has 1 aliphatic rings. The molecule has 6 nitrogen and oxygen atoms in total. The van der Waals surface area contributed by atoms with Gasteiger partial charge in [0.05, 0.1) is 7.11 Å². The fourth-order valence-electron chi connectivity index (χ4n) is 3.36. The monoisotopic (exact) mass is 400 g/mol. The van der Waals surface area contributed by atoms with E-state index in [-0.39, 0.29) is 5.24 Å². The summed E-state index contributed by atoms with van der Waals surface area (Å²) in [7, 11) is 1.58. The van der Waals surface area contributed by atoms with E-state index in [0.717, 1.165) is 42.0 Å². The lowest BCUT2D eigenvalue weighted by Gasteiger charge is -2.36. The number of methoxy groups -OCH3 is 1. The smallest absolute Gasteiger partial charge is 0.302 e. The second-order valence-electron chi connectivity index (χ2n) is 7.24. The highest BCUT2D eigenvalue weighted by atomic mass is 32.2. The number of piperazine rings is 1. The van der Waals surface area contributed by atoms with Crippen molar-refractivity contribution >= 4 is 28.6 Å². The van der Waals surface area contributed by atoms with Crippen LogP contribution in [0, 0.1) is 27.7 Å². The average Bonchev–Trinajstić information content (AvgIpc) is 2.67. The van der Waals surface area contributed by atoms with Gasteiger partial charge >= 0.3 is 5.24 Å². The van der Waals surface area contributed by atoms with Crippen LogP contribution in [0.5, 0.6) is 5.88 Å². The molecule has 1 aliphatic heterocycles. The summed E-state index contributed by atoms with van der Waals surface area (Å²) in [6.45, 7) is 11.3. The Hall–Kier alpha value is -2.41. The molecule has 7 heteroatoms. The van der Waals surface area contributed by atoms with Crippen molar-refractivity contribution in [1.29, 1.82) is 0 Å². The number of rotatable bonds is 4.